The van der Waals surface area contributed by atoms with Crippen molar-refractivity contribution in [3.8, 4) is 0 Å². The van der Waals surface area contributed by atoms with Crippen LogP contribution in [0, 0.1) is 13.8 Å². The minimum Gasteiger partial charge on any atom is -0.283 e. The zero-order chi connectivity index (χ0) is 13.0. The molecule has 0 bridgehead atoms. The molecule has 0 aliphatic rings. The second kappa shape index (κ2) is 5.47. The van der Waals surface area contributed by atoms with Crippen LogP contribution in [-0.4, -0.2) is 11.5 Å². The standard InChI is InChI=1S/C15H16N2O/c1-12-7-3-5-9-14(12)16-11-17(18)15-10-6-4-8-13(15)2/h3-11,18H,1-2H3. The lowest BCUT2D eigenvalue weighted by molar-refractivity contribution is 0.316. The molecule has 0 radical (unpaired) electrons. The average Bonchev–Trinajstić information content (AvgIpc) is 2.38. The van der Waals surface area contributed by atoms with Crippen molar-refractivity contribution in [1.82, 2.24) is 0 Å². The number of nitrogens with zero attached hydrogens (tertiary/aromatic N) is 2. The van der Waals surface area contributed by atoms with Gasteiger partial charge in [-0.25, -0.2) is 10.1 Å². The van der Waals surface area contributed by atoms with Crippen LogP contribution >= 0.6 is 0 Å². The summed E-state index contributed by atoms with van der Waals surface area (Å²) in [7, 11) is 0. The molecule has 1 N–H and O–H groups in total. The number of aliphatic imine (C=N–C) groups is 1. The van der Waals surface area contributed by atoms with Gasteiger partial charge in [-0.15, -0.1) is 0 Å². The van der Waals surface area contributed by atoms with E-state index < -0.39 is 0 Å². The van der Waals surface area contributed by atoms with Crippen LogP contribution in [0.4, 0.5) is 11.4 Å². The minimum absolute atomic E-state index is 0.731. The first-order chi connectivity index (χ1) is 8.68. The summed E-state index contributed by atoms with van der Waals surface area (Å²) in [5, 5.41) is 11.0. The Morgan fingerprint density at radius 1 is 0.944 bits per heavy atom. The third-order valence-corrected chi connectivity index (χ3v) is 2.78. The molecule has 0 saturated carbocycles. The Kier molecular flexibility index (Phi) is 3.75. The summed E-state index contributed by atoms with van der Waals surface area (Å²) in [4.78, 5) is 4.27. The van der Waals surface area contributed by atoms with Crippen LogP contribution in [0.3, 0.4) is 0 Å². The maximum atomic E-state index is 9.94. The van der Waals surface area contributed by atoms with Crippen LogP contribution in [-0.2, 0) is 0 Å². The molecule has 3 nitrogen and oxygen atoms in total. The Bertz CT molecular complexity index is 564. The lowest BCUT2D eigenvalue weighted by Crippen LogP contribution is -2.16. The van der Waals surface area contributed by atoms with E-state index in [1.54, 1.807) is 0 Å². The first-order valence-electron chi connectivity index (χ1n) is 5.82. The first kappa shape index (κ1) is 12.3. The fourth-order valence-electron chi connectivity index (χ4n) is 1.71. The zero-order valence-corrected chi connectivity index (χ0v) is 10.5. The number of anilines is 1. The van der Waals surface area contributed by atoms with E-state index >= 15 is 0 Å². The highest BCUT2D eigenvalue weighted by Gasteiger charge is 2.02. The monoisotopic (exact) mass is 240 g/mol. The quantitative estimate of drug-likeness (QED) is 0.502. The molecular formula is C15H16N2O. The van der Waals surface area contributed by atoms with E-state index in [4.69, 9.17) is 0 Å². The summed E-state index contributed by atoms with van der Waals surface area (Å²) >= 11 is 0. The predicted molar refractivity (Wildman–Crippen MR) is 74.8 cm³/mol. The van der Waals surface area contributed by atoms with Crippen LogP contribution in [0.25, 0.3) is 0 Å². The van der Waals surface area contributed by atoms with Gasteiger partial charge in [-0.3, -0.25) is 5.21 Å². The van der Waals surface area contributed by atoms with Crippen molar-refractivity contribution in [1.29, 1.82) is 0 Å². The summed E-state index contributed by atoms with van der Waals surface area (Å²) in [6.45, 7) is 3.93. The van der Waals surface area contributed by atoms with Crippen LogP contribution in [0.1, 0.15) is 11.1 Å². The van der Waals surface area contributed by atoms with Crippen molar-refractivity contribution in [2.75, 3.05) is 5.06 Å². The number of rotatable bonds is 3. The van der Waals surface area contributed by atoms with E-state index in [9.17, 15) is 5.21 Å². The van der Waals surface area contributed by atoms with Gasteiger partial charge in [0.15, 0.2) is 0 Å². The molecule has 0 atom stereocenters. The van der Waals surface area contributed by atoms with Crippen molar-refractivity contribution in [2.45, 2.75) is 13.8 Å². The van der Waals surface area contributed by atoms with E-state index in [0.717, 1.165) is 27.6 Å². The molecule has 0 aliphatic carbocycles. The number of para-hydroxylation sites is 2. The van der Waals surface area contributed by atoms with Crippen molar-refractivity contribution in [3.05, 3.63) is 59.7 Å². The Balaban J connectivity index is 2.20. The van der Waals surface area contributed by atoms with Crippen LogP contribution in [0.15, 0.2) is 53.5 Å². The van der Waals surface area contributed by atoms with Crippen LogP contribution in [0.2, 0.25) is 0 Å². The summed E-state index contributed by atoms with van der Waals surface area (Å²) in [5.74, 6) is 0. The van der Waals surface area contributed by atoms with Gasteiger partial charge in [0.2, 0.25) is 0 Å². The SMILES string of the molecule is Cc1ccccc1N=CN(O)c1ccccc1C. The molecule has 0 aliphatic heterocycles. The smallest absolute Gasteiger partial charge is 0.122 e. The molecule has 2 rings (SSSR count). The summed E-state index contributed by atoms with van der Waals surface area (Å²) < 4.78 is 0. The molecule has 0 unspecified atom stereocenters. The number of aryl methyl sites for hydroxylation is 2. The second-order valence-corrected chi connectivity index (χ2v) is 4.16. The molecular weight excluding hydrogens is 224 g/mol. The lowest BCUT2D eigenvalue weighted by Gasteiger charge is -2.13. The van der Waals surface area contributed by atoms with Crippen molar-refractivity contribution >= 4 is 17.7 Å². The molecule has 0 spiro atoms. The summed E-state index contributed by atoms with van der Waals surface area (Å²) in [5.41, 5.74) is 3.66. The molecule has 3 heteroatoms. The lowest BCUT2D eigenvalue weighted by atomic mass is 10.2. The normalized spacial score (nSPS) is 10.8. The van der Waals surface area contributed by atoms with E-state index in [-0.39, 0.29) is 0 Å². The van der Waals surface area contributed by atoms with Gasteiger partial charge in [-0.2, -0.15) is 0 Å². The zero-order valence-electron chi connectivity index (χ0n) is 10.5. The topological polar surface area (TPSA) is 35.8 Å². The van der Waals surface area contributed by atoms with E-state index in [2.05, 4.69) is 4.99 Å². The number of benzene rings is 2. The van der Waals surface area contributed by atoms with Crippen LogP contribution in [0.5, 0.6) is 0 Å². The van der Waals surface area contributed by atoms with Gasteiger partial charge in [0.1, 0.15) is 6.34 Å². The number of hydroxylamine groups is 1. The van der Waals surface area contributed by atoms with Gasteiger partial charge in [0.25, 0.3) is 0 Å². The molecule has 92 valence electrons. The molecule has 0 amide bonds. The molecule has 0 heterocycles. The third-order valence-electron chi connectivity index (χ3n) is 2.78. The molecule has 0 fully saturated rings. The Labute approximate surface area is 107 Å². The largest absolute Gasteiger partial charge is 0.283 e. The first-order valence-corrected chi connectivity index (χ1v) is 5.82. The predicted octanol–water partition coefficient (Wildman–Crippen LogP) is 3.86. The van der Waals surface area contributed by atoms with Crippen molar-refractivity contribution < 1.29 is 5.21 Å². The third kappa shape index (κ3) is 2.76. The van der Waals surface area contributed by atoms with E-state index in [1.165, 1.54) is 6.34 Å². The minimum atomic E-state index is 0.731. The van der Waals surface area contributed by atoms with Crippen LogP contribution < -0.4 is 5.06 Å². The Morgan fingerprint density at radius 2 is 1.56 bits per heavy atom. The molecule has 0 saturated heterocycles. The van der Waals surface area contributed by atoms with Crippen molar-refractivity contribution in [2.24, 2.45) is 4.99 Å². The maximum absolute atomic E-state index is 9.94. The second-order valence-electron chi connectivity index (χ2n) is 4.16. The molecule has 2 aromatic rings. The van der Waals surface area contributed by atoms with E-state index in [1.807, 2.05) is 62.4 Å². The molecule has 2 aromatic carbocycles. The van der Waals surface area contributed by atoms with Gasteiger partial charge in [0.05, 0.1) is 11.4 Å². The molecule has 0 aromatic heterocycles. The van der Waals surface area contributed by atoms with Gasteiger partial charge < -0.3 is 0 Å². The van der Waals surface area contributed by atoms with Gasteiger partial charge >= 0.3 is 0 Å². The molecule has 18 heavy (non-hydrogen) atoms. The number of hydrogen-bond donors (Lipinski definition) is 1. The van der Waals surface area contributed by atoms with Gasteiger partial charge in [-0.1, -0.05) is 36.4 Å². The Hall–Kier alpha value is -2.13. The Morgan fingerprint density at radius 3 is 2.22 bits per heavy atom. The summed E-state index contributed by atoms with van der Waals surface area (Å²) in [6, 6.07) is 15.4. The fraction of sp³-hybridized carbons (Fsp3) is 0.133. The van der Waals surface area contributed by atoms with Gasteiger partial charge in [0, 0.05) is 0 Å². The van der Waals surface area contributed by atoms with Gasteiger partial charge in [-0.05, 0) is 37.1 Å². The van der Waals surface area contributed by atoms with E-state index in [0.29, 0.717) is 0 Å². The summed E-state index contributed by atoms with van der Waals surface area (Å²) in [6.07, 6.45) is 1.42. The highest BCUT2D eigenvalue weighted by atomic mass is 16.5. The maximum Gasteiger partial charge on any atom is 0.122 e. The number of hydrogen-bond acceptors (Lipinski definition) is 2. The highest BCUT2D eigenvalue weighted by Crippen LogP contribution is 2.19. The fourth-order valence-corrected chi connectivity index (χ4v) is 1.71. The van der Waals surface area contributed by atoms with Crippen molar-refractivity contribution in [3.63, 3.8) is 0 Å². The average molecular weight is 240 g/mol. The highest BCUT2D eigenvalue weighted by molar-refractivity contribution is 5.79.